The molecule has 1 aliphatic carbocycles. The molecule has 1 heterocycles. The lowest BCUT2D eigenvalue weighted by molar-refractivity contribution is -0.0998. The summed E-state index contributed by atoms with van der Waals surface area (Å²) in [5.74, 6) is 1.70. The van der Waals surface area contributed by atoms with E-state index in [0.29, 0.717) is 13.2 Å². The average molecular weight is 291 g/mol. The van der Waals surface area contributed by atoms with Gasteiger partial charge in [0.15, 0.2) is 11.5 Å². The third-order valence-corrected chi connectivity index (χ3v) is 4.63. The minimum Gasteiger partial charge on any atom is -0.486 e. The monoisotopic (exact) mass is 291 g/mol. The van der Waals surface area contributed by atoms with Crippen molar-refractivity contribution in [1.82, 2.24) is 5.32 Å². The van der Waals surface area contributed by atoms with Crippen molar-refractivity contribution in [1.29, 1.82) is 0 Å². The second-order valence-corrected chi connectivity index (χ2v) is 5.91. The summed E-state index contributed by atoms with van der Waals surface area (Å²) in [5.41, 5.74) is 1.16. The average Bonchev–Trinajstić information content (AvgIpc) is 2.49. The number of fused-ring (bicyclic) bond motifs is 1. The van der Waals surface area contributed by atoms with Crippen LogP contribution in [0.5, 0.6) is 11.5 Å². The zero-order chi connectivity index (χ0) is 14.7. The highest BCUT2D eigenvalue weighted by Gasteiger charge is 2.45. The van der Waals surface area contributed by atoms with Gasteiger partial charge >= 0.3 is 0 Å². The van der Waals surface area contributed by atoms with Crippen LogP contribution in [-0.4, -0.2) is 32.5 Å². The third-order valence-electron chi connectivity index (χ3n) is 4.63. The Morgan fingerprint density at radius 1 is 1.24 bits per heavy atom. The quantitative estimate of drug-likeness (QED) is 0.874. The molecule has 0 aromatic heterocycles. The number of rotatable bonds is 6. The van der Waals surface area contributed by atoms with Gasteiger partial charge in [0.05, 0.1) is 11.6 Å². The summed E-state index contributed by atoms with van der Waals surface area (Å²) in [7, 11) is 1.83. The van der Waals surface area contributed by atoms with Gasteiger partial charge in [-0.3, -0.25) is 0 Å². The summed E-state index contributed by atoms with van der Waals surface area (Å²) in [6.45, 7) is 4.43. The lowest BCUT2D eigenvalue weighted by Crippen LogP contribution is -2.50. The maximum atomic E-state index is 5.90. The van der Waals surface area contributed by atoms with Gasteiger partial charge in [-0.25, -0.2) is 0 Å². The van der Waals surface area contributed by atoms with Crippen molar-refractivity contribution < 1.29 is 14.2 Å². The first-order chi connectivity index (χ1) is 10.3. The van der Waals surface area contributed by atoms with Crippen molar-refractivity contribution in [2.45, 2.75) is 44.2 Å². The van der Waals surface area contributed by atoms with E-state index < -0.39 is 0 Å². The molecule has 1 N–H and O–H groups in total. The molecule has 4 heteroatoms. The van der Waals surface area contributed by atoms with Gasteiger partial charge in [-0.15, -0.1) is 0 Å². The fraction of sp³-hybridized carbons (Fsp3) is 0.647. The molecule has 1 aromatic carbocycles. The van der Waals surface area contributed by atoms with Crippen LogP contribution in [0.2, 0.25) is 0 Å². The number of hydrogen-bond acceptors (Lipinski definition) is 4. The van der Waals surface area contributed by atoms with E-state index in [4.69, 9.17) is 14.2 Å². The summed E-state index contributed by atoms with van der Waals surface area (Å²) >= 11 is 0. The molecule has 0 radical (unpaired) electrons. The Morgan fingerprint density at radius 3 is 2.62 bits per heavy atom. The van der Waals surface area contributed by atoms with Crippen LogP contribution in [0.4, 0.5) is 0 Å². The summed E-state index contributed by atoms with van der Waals surface area (Å²) in [5, 5.41) is 3.66. The van der Waals surface area contributed by atoms with Crippen molar-refractivity contribution in [3.8, 4) is 11.5 Å². The lowest BCUT2D eigenvalue weighted by Gasteiger charge is -2.47. The predicted octanol–water partition coefficient (Wildman–Crippen LogP) is 3.07. The minimum atomic E-state index is -0.0705. The molecule has 3 rings (SSSR count). The standard InChI is InChI=1S/C17H25NO3/c1-3-9-18-16(17(19-2)7-4-8-17)13-5-6-14-15(12-13)21-11-10-20-14/h5-6,12,16,18H,3-4,7-11H2,1-2H3. The van der Waals surface area contributed by atoms with E-state index >= 15 is 0 Å². The van der Waals surface area contributed by atoms with E-state index in [2.05, 4.69) is 24.4 Å². The molecule has 0 spiro atoms. The van der Waals surface area contributed by atoms with Gasteiger partial charge in [0.25, 0.3) is 0 Å². The Labute approximate surface area is 126 Å². The van der Waals surface area contributed by atoms with Crippen LogP contribution in [-0.2, 0) is 4.74 Å². The molecule has 1 fully saturated rings. The van der Waals surface area contributed by atoms with Crippen LogP contribution in [0, 0.1) is 0 Å². The number of nitrogens with one attached hydrogen (secondary N) is 1. The normalized spacial score (nSPS) is 20.7. The Hall–Kier alpha value is -1.26. The Balaban J connectivity index is 1.88. The summed E-state index contributed by atoms with van der Waals surface area (Å²) < 4.78 is 17.2. The smallest absolute Gasteiger partial charge is 0.161 e. The third kappa shape index (κ3) is 2.74. The Bertz CT molecular complexity index is 479. The zero-order valence-electron chi connectivity index (χ0n) is 13.0. The van der Waals surface area contributed by atoms with Gasteiger partial charge in [-0.1, -0.05) is 13.0 Å². The maximum absolute atomic E-state index is 5.90. The molecule has 0 saturated heterocycles. The van der Waals surface area contributed by atoms with Crippen LogP contribution in [0.3, 0.4) is 0 Å². The molecule has 116 valence electrons. The van der Waals surface area contributed by atoms with Crippen molar-refractivity contribution in [2.24, 2.45) is 0 Å². The molecule has 21 heavy (non-hydrogen) atoms. The molecule has 0 amide bonds. The van der Waals surface area contributed by atoms with Crippen molar-refractivity contribution in [3.63, 3.8) is 0 Å². The molecule has 1 aliphatic heterocycles. The molecule has 1 aromatic rings. The van der Waals surface area contributed by atoms with E-state index in [1.165, 1.54) is 12.0 Å². The van der Waals surface area contributed by atoms with Crippen molar-refractivity contribution in [3.05, 3.63) is 23.8 Å². The van der Waals surface area contributed by atoms with Gasteiger partial charge in [0.1, 0.15) is 13.2 Å². The van der Waals surface area contributed by atoms with E-state index in [-0.39, 0.29) is 11.6 Å². The highest BCUT2D eigenvalue weighted by atomic mass is 16.6. The van der Waals surface area contributed by atoms with Gasteiger partial charge in [-0.2, -0.15) is 0 Å². The highest BCUT2D eigenvalue weighted by molar-refractivity contribution is 5.45. The first kappa shape index (κ1) is 14.7. The summed E-state index contributed by atoms with van der Waals surface area (Å²) in [6, 6.07) is 6.49. The number of ether oxygens (including phenoxy) is 3. The number of methoxy groups -OCH3 is 1. The van der Waals surface area contributed by atoms with Gasteiger partial charge in [0.2, 0.25) is 0 Å². The number of hydrogen-bond donors (Lipinski definition) is 1. The largest absolute Gasteiger partial charge is 0.486 e. The molecule has 2 aliphatic rings. The van der Waals surface area contributed by atoms with Crippen LogP contribution in [0.15, 0.2) is 18.2 Å². The molecule has 1 atom stereocenters. The van der Waals surface area contributed by atoms with Crippen LogP contribution >= 0.6 is 0 Å². The molecular formula is C17H25NO3. The lowest BCUT2D eigenvalue weighted by atomic mass is 9.72. The van der Waals surface area contributed by atoms with E-state index in [0.717, 1.165) is 37.3 Å². The zero-order valence-corrected chi connectivity index (χ0v) is 13.0. The summed E-state index contributed by atoms with van der Waals surface area (Å²) in [6.07, 6.45) is 4.57. The van der Waals surface area contributed by atoms with Gasteiger partial charge < -0.3 is 19.5 Å². The Kier molecular flexibility index (Phi) is 4.36. The van der Waals surface area contributed by atoms with Gasteiger partial charge in [-0.05, 0) is 49.9 Å². The maximum Gasteiger partial charge on any atom is 0.161 e. The molecule has 1 saturated carbocycles. The van der Waals surface area contributed by atoms with Crippen LogP contribution in [0.1, 0.15) is 44.2 Å². The van der Waals surface area contributed by atoms with Crippen molar-refractivity contribution in [2.75, 3.05) is 26.9 Å². The number of benzene rings is 1. The second kappa shape index (κ2) is 6.24. The first-order valence-electron chi connectivity index (χ1n) is 7.97. The van der Waals surface area contributed by atoms with Crippen LogP contribution in [0.25, 0.3) is 0 Å². The van der Waals surface area contributed by atoms with Crippen LogP contribution < -0.4 is 14.8 Å². The SMILES string of the molecule is CCCNC(c1ccc2c(c1)OCCO2)C1(OC)CCC1. The van der Waals surface area contributed by atoms with E-state index in [1.54, 1.807) is 0 Å². The molecule has 0 bridgehead atoms. The van der Waals surface area contributed by atoms with E-state index in [1.807, 2.05) is 13.2 Å². The van der Waals surface area contributed by atoms with E-state index in [9.17, 15) is 0 Å². The molecular weight excluding hydrogens is 266 g/mol. The molecule has 1 unspecified atom stereocenters. The minimum absolute atomic E-state index is 0.0705. The fourth-order valence-electron chi connectivity index (χ4n) is 3.27. The molecule has 4 nitrogen and oxygen atoms in total. The Morgan fingerprint density at radius 2 is 2.00 bits per heavy atom. The van der Waals surface area contributed by atoms with Gasteiger partial charge in [0, 0.05) is 7.11 Å². The second-order valence-electron chi connectivity index (χ2n) is 5.91. The predicted molar refractivity (Wildman–Crippen MR) is 82.1 cm³/mol. The first-order valence-corrected chi connectivity index (χ1v) is 7.97. The summed E-state index contributed by atoms with van der Waals surface area (Å²) in [4.78, 5) is 0. The fourth-order valence-corrected chi connectivity index (χ4v) is 3.27. The van der Waals surface area contributed by atoms with Crippen molar-refractivity contribution >= 4 is 0 Å². The highest BCUT2D eigenvalue weighted by Crippen LogP contribution is 2.46. The topological polar surface area (TPSA) is 39.7 Å².